The van der Waals surface area contributed by atoms with Crippen molar-refractivity contribution in [2.45, 2.75) is 103 Å². The molecule has 29 heavy (non-hydrogen) atoms. The molecule has 7 heteroatoms. The Bertz CT molecular complexity index is 580. The van der Waals surface area contributed by atoms with Crippen molar-refractivity contribution >= 4 is 5.91 Å². The molecule has 0 aromatic rings. The molecule has 1 amide bonds. The van der Waals surface area contributed by atoms with Crippen molar-refractivity contribution in [3.63, 3.8) is 0 Å². The highest BCUT2D eigenvalue weighted by Crippen LogP contribution is 2.42. The Morgan fingerprint density at radius 2 is 1.93 bits per heavy atom. The number of nitrogens with one attached hydrogen (secondary N) is 5. The fourth-order valence-corrected chi connectivity index (χ4v) is 5.66. The number of carbonyl (C=O) groups is 1. The lowest BCUT2D eigenvalue weighted by atomic mass is 9.67. The number of carbonyl (C=O) groups excluding carboxylic acids is 1. The van der Waals surface area contributed by atoms with Gasteiger partial charge in [-0.05, 0) is 76.2 Å². The molecule has 4 fully saturated rings. The third-order valence-electron chi connectivity index (χ3n) is 7.82. The van der Waals surface area contributed by atoms with Gasteiger partial charge in [0.05, 0.1) is 25.0 Å². The monoisotopic (exact) mass is 406 g/mol. The van der Waals surface area contributed by atoms with Gasteiger partial charge in [-0.2, -0.15) is 0 Å². The number of amides is 1. The predicted molar refractivity (Wildman–Crippen MR) is 116 cm³/mol. The Hall–Kier alpha value is -0.730. The summed E-state index contributed by atoms with van der Waals surface area (Å²) in [6, 6.07) is 0.673. The molecule has 6 atom stereocenters. The maximum absolute atomic E-state index is 13.1. The lowest BCUT2D eigenvalue weighted by Crippen LogP contribution is -2.63. The quantitative estimate of drug-likeness (QED) is 0.460. The molecule has 0 spiro atoms. The normalized spacial score (nSPS) is 39.4. The van der Waals surface area contributed by atoms with Crippen molar-refractivity contribution in [3.05, 3.63) is 0 Å². The molecule has 2 heterocycles. The third-order valence-corrected chi connectivity index (χ3v) is 7.82. The minimum atomic E-state index is -0.0485. The van der Waals surface area contributed by atoms with E-state index >= 15 is 0 Å². The van der Waals surface area contributed by atoms with Crippen LogP contribution in [-0.2, 0) is 4.79 Å². The minimum absolute atomic E-state index is 0.0485. The highest BCUT2D eigenvalue weighted by molar-refractivity contribution is 5.82. The lowest BCUT2D eigenvalue weighted by molar-refractivity contribution is -0.125. The first kappa shape index (κ1) is 21.5. The second-order valence-corrected chi connectivity index (χ2v) is 10.9. The molecule has 0 radical (unpaired) electrons. The average Bonchev–Trinajstić information content (AvgIpc) is 3.45. The predicted octanol–water partition coefficient (Wildman–Crippen LogP) is 1.48. The van der Waals surface area contributed by atoms with Crippen LogP contribution in [0.4, 0.5) is 0 Å². The van der Waals surface area contributed by atoms with Gasteiger partial charge in [-0.25, -0.2) is 10.9 Å². The van der Waals surface area contributed by atoms with E-state index in [0.29, 0.717) is 36.3 Å². The Labute approximate surface area is 176 Å². The van der Waals surface area contributed by atoms with Crippen LogP contribution in [-0.4, -0.2) is 55.0 Å². The molecule has 5 N–H and O–H groups in total. The Kier molecular flexibility index (Phi) is 6.52. The van der Waals surface area contributed by atoms with E-state index in [-0.39, 0.29) is 17.4 Å². The van der Waals surface area contributed by atoms with Crippen LogP contribution in [0.25, 0.3) is 0 Å². The van der Waals surface area contributed by atoms with E-state index in [1.54, 1.807) is 0 Å². The highest BCUT2D eigenvalue weighted by atomic mass is 16.2. The zero-order valence-electron chi connectivity index (χ0n) is 18.8. The van der Waals surface area contributed by atoms with Crippen molar-refractivity contribution < 1.29 is 4.79 Å². The van der Waals surface area contributed by atoms with Gasteiger partial charge in [0.25, 0.3) is 0 Å². The summed E-state index contributed by atoms with van der Waals surface area (Å²) < 4.78 is 0. The van der Waals surface area contributed by atoms with Gasteiger partial charge >= 0.3 is 0 Å². The Morgan fingerprint density at radius 1 is 1.14 bits per heavy atom. The molecule has 6 unspecified atom stereocenters. The van der Waals surface area contributed by atoms with Crippen LogP contribution in [0, 0.1) is 17.3 Å². The van der Waals surface area contributed by atoms with Gasteiger partial charge in [-0.15, -0.1) is 0 Å². The fraction of sp³-hybridized carbons (Fsp3) is 0.955. The molecule has 7 nitrogen and oxygen atoms in total. The van der Waals surface area contributed by atoms with Crippen LogP contribution in [0.15, 0.2) is 0 Å². The summed E-state index contributed by atoms with van der Waals surface area (Å²) in [5, 5.41) is 10.6. The Balaban J connectivity index is 1.30. The minimum Gasteiger partial charge on any atom is -0.352 e. The third kappa shape index (κ3) is 5.31. The van der Waals surface area contributed by atoms with Crippen LogP contribution in [0.1, 0.15) is 72.1 Å². The lowest BCUT2D eigenvalue weighted by Gasteiger charge is -2.42. The van der Waals surface area contributed by atoms with E-state index < -0.39 is 0 Å². The summed E-state index contributed by atoms with van der Waals surface area (Å²) in [4.78, 5) is 15.4. The summed E-state index contributed by atoms with van der Waals surface area (Å²) in [6.07, 6.45) is 9.99. The summed E-state index contributed by atoms with van der Waals surface area (Å²) in [5.74, 6) is 1.58. The number of hydrazine groups is 1. The standard InChI is InChI=1S/C22H42N6O/c1-14-10-18(26-20(24-14)15-8-9-15)21(29)25-17-7-5-6-16(11-17)22(2,3)12-19-27-23-13-28(19)4/h14-20,23-24,26-27H,5-13H2,1-4H3,(H,25,29). The van der Waals surface area contributed by atoms with Crippen molar-refractivity contribution in [2.75, 3.05) is 13.7 Å². The number of nitrogens with zero attached hydrogens (tertiary/aromatic N) is 1. The van der Waals surface area contributed by atoms with Crippen molar-refractivity contribution in [1.82, 2.24) is 31.7 Å². The molecule has 4 aliphatic rings. The molecular weight excluding hydrogens is 364 g/mol. The largest absolute Gasteiger partial charge is 0.352 e. The average molecular weight is 407 g/mol. The maximum atomic E-state index is 13.1. The SMILES string of the molecule is CC1CC(C(=O)NC2CCCC(C(C)(C)CC3NNCN3C)C2)NC(C2CC2)N1. The Morgan fingerprint density at radius 3 is 2.62 bits per heavy atom. The molecule has 2 aliphatic carbocycles. The first-order valence-electron chi connectivity index (χ1n) is 11.8. The van der Waals surface area contributed by atoms with E-state index in [4.69, 9.17) is 0 Å². The summed E-state index contributed by atoms with van der Waals surface area (Å²) >= 11 is 0. The molecule has 2 aliphatic heterocycles. The van der Waals surface area contributed by atoms with Gasteiger partial charge in [0, 0.05) is 12.1 Å². The number of rotatable bonds is 6. The van der Waals surface area contributed by atoms with Gasteiger partial charge in [-0.1, -0.05) is 20.3 Å². The van der Waals surface area contributed by atoms with E-state index in [1.807, 2.05) is 0 Å². The molecule has 0 bridgehead atoms. The number of hydrogen-bond acceptors (Lipinski definition) is 6. The zero-order valence-corrected chi connectivity index (χ0v) is 18.8. The second kappa shape index (κ2) is 8.79. The summed E-state index contributed by atoms with van der Waals surface area (Å²) in [5.41, 5.74) is 6.90. The van der Waals surface area contributed by atoms with Crippen molar-refractivity contribution in [2.24, 2.45) is 17.3 Å². The molecule has 2 saturated carbocycles. The van der Waals surface area contributed by atoms with Crippen molar-refractivity contribution in [1.29, 1.82) is 0 Å². The van der Waals surface area contributed by atoms with E-state index in [0.717, 1.165) is 32.4 Å². The second-order valence-electron chi connectivity index (χ2n) is 10.9. The molecule has 0 aromatic carbocycles. The molecule has 4 rings (SSSR count). The summed E-state index contributed by atoms with van der Waals surface area (Å²) in [6.45, 7) is 7.92. The van der Waals surface area contributed by atoms with Gasteiger partial charge in [-0.3, -0.25) is 20.3 Å². The first-order chi connectivity index (χ1) is 13.8. The molecule has 0 aromatic heterocycles. The summed E-state index contributed by atoms with van der Waals surface area (Å²) in [7, 11) is 2.17. The van der Waals surface area contributed by atoms with E-state index in [1.165, 1.54) is 25.7 Å². The van der Waals surface area contributed by atoms with Crippen LogP contribution in [0.3, 0.4) is 0 Å². The van der Waals surface area contributed by atoms with E-state index in [9.17, 15) is 4.79 Å². The zero-order chi connectivity index (χ0) is 20.6. The fourth-order valence-electron chi connectivity index (χ4n) is 5.66. The van der Waals surface area contributed by atoms with Crippen LogP contribution < -0.4 is 26.8 Å². The number of hydrogen-bond donors (Lipinski definition) is 5. The maximum Gasteiger partial charge on any atom is 0.237 e. The van der Waals surface area contributed by atoms with Gasteiger partial charge in [0.1, 0.15) is 0 Å². The smallest absolute Gasteiger partial charge is 0.237 e. The van der Waals surface area contributed by atoms with Crippen LogP contribution in [0.2, 0.25) is 0 Å². The van der Waals surface area contributed by atoms with Crippen LogP contribution >= 0.6 is 0 Å². The van der Waals surface area contributed by atoms with Gasteiger partial charge in [0.15, 0.2) is 0 Å². The van der Waals surface area contributed by atoms with Crippen LogP contribution in [0.5, 0.6) is 0 Å². The molecule has 166 valence electrons. The van der Waals surface area contributed by atoms with E-state index in [2.05, 4.69) is 59.5 Å². The topological polar surface area (TPSA) is 80.5 Å². The molecular formula is C22H42N6O. The van der Waals surface area contributed by atoms with Crippen molar-refractivity contribution in [3.8, 4) is 0 Å². The highest BCUT2D eigenvalue weighted by Gasteiger charge is 2.40. The van der Waals surface area contributed by atoms with Gasteiger partial charge in [0.2, 0.25) is 5.91 Å². The molecule has 2 saturated heterocycles. The first-order valence-corrected chi connectivity index (χ1v) is 11.8. The van der Waals surface area contributed by atoms with Gasteiger partial charge < -0.3 is 5.32 Å².